The molecule has 2 nitrogen and oxygen atoms in total. The summed E-state index contributed by atoms with van der Waals surface area (Å²) in [5.74, 6) is 0. The Morgan fingerprint density at radius 2 is 1.74 bits per heavy atom. The quantitative estimate of drug-likeness (QED) is 0.813. The van der Waals surface area contributed by atoms with Gasteiger partial charge in [-0.3, -0.25) is 0 Å². The highest BCUT2D eigenvalue weighted by Gasteiger charge is 2.14. The first-order valence-corrected chi connectivity index (χ1v) is 7.50. The van der Waals surface area contributed by atoms with Crippen LogP contribution < -0.4 is 10.2 Å². The normalized spacial score (nSPS) is 15.1. The molecule has 0 fully saturated rings. The number of nitrogens with zero attached hydrogens (tertiary/aromatic N) is 1. The van der Waals surface area contributed by atoms with Gasteiger partial charge in [0.25, 0.3) is 0 Å². The lowest BCUT2D eigenvalue weighted by atomic mass is 10.1. The zero-order chi connectivity index (χ0) is 13.1. The average molecular weight is 317 g/mol. The summed E-state index contributed by atoms with van der Waals surface area (Å²) in [6.45, 7) is 2.13. The number of rotatable bonds is 1. The van der Waals surface area contributed by atoms with Crippen LogP contribution in [0, 0.1) is 0 Å². The van der Waals surface area contributed by atoms with Crippen molar-refractivity contribution in [2.24, 2.45) is 0 Å². The van der Waals surface area contributed by atoms with Crippen molar-refractivity contribution in [3.63, 3.8) is 0 Å². The highest BCUT2D eigenvalue weighted by Crippen LogP contribution is 2.34. The van der Waals surface area contributed by atoms with Gasteiger partial charge in [-0.1, -0.05) is 28.1 Å². The molecule has 0 bridgehead atoms. The molecule has 1 aliphatic heterocycles. The van der Waals surface area contributed by atoms with E-state index in [1.807, 2.05) is 0 Å². The van der Waals surface area contributed by atoms with Gasteiger partial charge in [0.1, 0.15) is 0 Å². The maximum absolute atomic E-state index is 3.53. The SMILES string of the molecule is Brc1ccc(N2CCCCNc3ccccc32)cc1. The molecule has 0 saturated heterocycles. The number of nitrogens with one attached hydrogen (secondary N) is 1. The van der Waals surface area contributed by atoms with Crippen molar-refractivity contribution in [3.8, 4) is 0 Å². The monoisotopic (exact) mass is 316 g/mol. The van der Waals surface area contributed by atoms with Crippen LogP contribution in [-0.4, -0.2) is 13.1 Å². The lowest BCUT2D eigenvalue weighted by Crippen LogP contribution is -2.23. The first kappa shape index (κ1) is 12.5. The molecule has 0 amide bonds. The summed E-state index contributed by atoms with van der Waals surface area (Å²) in [6, 6.07) is 17.1. The van der Waals surface area contributed by atoms with E-state index in [0.717, 1.165) is 17.6 Å². The molecule has 0 radical (unpaired) electrons. The maximum Gasteiger partial charge on any atom is 0.0646 e. The van der Waals surface area contributed by atoms with E-state index in [-0.39, 0.29) is 0 Å². The summed E-state index contributed by atoms with van der Waals surface area (Å²) in [6.07, 6.45) is 2.42. The highest BCUT2D eigenvalue weighted by atomic mass is 79.9. The van der Waals surface area contributed by atoms with Crippen molar-refractivity contribution in [3.05, 3.63) is 53.0 Å². The van der Waals surface area contributed by atoms with Gasteiger partial charge < -0.3 is 10.2 Å². The standard InChI is InChI=1S/C16H17BrN2/c17-13-7-9-14(10-8-13)19-12-4-3-11-18-15-5-1-2-6-16(15)19/h1-2,5-10,18H,3-4,11-12H2. The third kappa shape index (κ3) is 2.76. The zero-order valence-electron chi connectivity index (χ0n) is 10.8. The fourth-order valence-corrected chi connectivity index (χ4v) is 2.75. The van der Waals surface area contributed by atoms with E-state index in [0.29, 0.717) is 0 Å². The number of hydrogen-bond donors (Lipinski definition) is 1. The van der Waals surface area contributed by atoms with Crippen LogP contribution in [0.2, 0.25) is 0 Å². The third-order valence-electron chi connectivity index (χ3n) is 3.46. The number of anilines is 3. The van der Waals surface area contributed by atoms with Gasteiger partial charge in [0, 0.05) is 23.2 Å². The number of fused-ring (bicyclic) bond motifs is 1. The summed E-state index contributed by atoms with van der Waals surface area (Å²) in [5, 5.41) is 3.53. The second-order valence-electron chi connectivity index (χ2n) is 4.78. The lowest BCUT2D eigenvalue weighted by molar-refractivity contribution is 0.747. The second-order valence-corrected chi connectivity index (χ2v) is 5.69. The van der Waals surface area contributed by atoms with Crippen molar-refractivity contribution < 1.29 is 0 Å². The summed E-state index contributed by atoms with van der Waals surface area (Å²) in [5.41, 5.74) is 3.74. The van der Waals surface area contributed by atoms with Crippen LogP contribution in [0.25, 0.3) is 0 Å². The van der Waals surface area contributed by atoms with Crippen LogP contribution >= 0.6 is 15.9 Å². The van der Waals surface area contributed by atoms with Crippen molar-refractivity contribution in [2.45, 2.75) is 12.8 Å². The topological polar surface area (TPSA) is 15.3 Å². The number of hydrogen-bond acceptors (Lipinski definition) is 2. The molecular weight excluding hydrogens is 300 g/mol. The van der Waals surface area contributed by atoms with Gasteiger partial charge in [0.2, 0.25) is 0 Å². The molecule has 0 spiro atoms. The minimum atomic E-state index is 1.06. The van der Waals surface area contributed by atoms with Crippen LogP contribution in [-0.2, 0) is 0 Å². The molecule has 1 aliphatic rings. The number of para-hydroxylation sites is 2. The molecule has 1 N–H and O–H groups in total. The average Bonchev–Trinajstić information content (AvgIpc) is 2.42. The van der Waals surface area contributed by atoms with E-state index in [4.69, 9.17) is 0 Å². The molecule has 0 atom stereocenters. The Kier molecular flexibility index (Phi) is 3.74. The summed E-state index contributed by atoms with van der Waals surface area (Å²) in [4.78, 5) is 2.40. The van der Waals surface area contributed by atoms with Crippen molar-refractivity contribution in [1.82, 2.24) is 0 Å². The van der Waals surface area contributed by atoms with Crippen LogP contribution in [0.4, 0.5) is 17.1 Å². The fraction of sp³-hybridized carbons (Fsp3) is 0.250. The Labute approximate surface area is 122 Å². The Morgan fingerprint density at radius 1 is 0.947 bits per heavy atom. The number of benzene rings is 2. The van der Waals surface area contributed by atoms with Gasteiger partial charge in [-0.25, -0.2) is 0 Å². The smallest absolute Gasteiger partial charge is 0.0646 e. The highest BCUT2D eigenvalue weighted by molar-refractivity contribution is 9.10. The van der Waals surface area contributed by atoms with Gasteiger partial charge in [-0.2, -0.15) is 0 Å². The van der Waals surface area contributed by atoms with E-state index in [2.05, 4.69) is 74.7 Å². The van der Waals surface area contributed by atoms with Gasteiger partial charge in [0.15, 0.2) is 0 Å². The van der Waals surface area contributed by atoms with Crippen LogP contribution in [0.15, 0.2) is 53.0 Å². The molecule has 3 rings (SSSR count). The fourth-order valence-electron chi connectivity index (χ4n) is 2.49. The van der Waals surface area contributed by atoms with E-state index in [1.165, 1.54) is 29.9 Å². The van der Waals surface area contributed by atoms with Gasteiger partial charge >= 0.3 is 0 Å². The van der Waals surface area contributed by atoms with Crippen molar-refractivity contribution in [2.75, 3.05) is 23.3 Å². The second kappa shape index (κ2) is 5.66. The number of halogens is 1. The lowest BCUT2D eigenvalue weighted by Gasteiger charge is -2.29. The summed E-state index contributed by atoms with van der Waals surface area (Å²) < 4.78 is 1.12. The van der Waals surface area contributed by atoms with Gasteiger partial charge in [-0.15, -0.1) is 0 Å². The molecule has 2 aromatic rings. The predicted molar refractivity (Wildman–Crippen MR) is 85.3 cm³/mol. The molecule has 98 valence electrons. The van der Waals surface area contributed by atoms with E-state index < -0.39 is 0 Å². The van der Waals surface area contributed by atoms with E-state index >= 15 is 0 Å². The van der Waals surface area contributed by atoms with Crippen molar-refractivity contribution >= 4 is 33.0 Å². The minimum absolute atomic E-state index is 1.06. The Hall–Kier alpha value is -1.48. The van der Waals surface area contributed by atoms with E-state index in [1.54, 1.807) is 0 Å². The first-order chi connectivity index (χ1) is 9.34. The third-order valence-corrected chi connectivity index (χ3v) is 3.99. The largest absolute Gasteiger partial charge is 0.383 e. The maximum atomic E-state index is 3.53. The van der Waals surface area contributed by atoms with Crippen molar-refractivity contribution in [1.29, 1.82) is 0 Å². The molecule has 0 aromatic heterocycles. The Bertz CT molecular complexity index is 551. The minimum Gasteiger partial charge on any atom is -0.383 e. The molecule has 1 heterocycles. The molecular formula is C16H17BrN2. The zero-order valence-corrected chi connectivity index (χ0v) is 12.4. The Balaban J connectivity index is 2.02. The molecule has 2 aromatic carbocycles. The molecule has 0 unspecified atom stereocenters. The molecule has 0 saturated carbocycles. The van der Waals surface area contributed by atoms with Gasteiger partial charge in [-0.05, 0) is 49.2 Å². The Morgan fingerprint density at radius 3 is 2.58 bits per heavy atom. The summed E-state index contributed by atoms with van der Waals surface area (Å²) in [7, 11) is 0. The van der Waals surface area contributed by atoms with Crippen LogP contribution in [0.5, 0.6) is 0 Å². The van der Waals surface area contributed by atoms with Gasteiger partial charge in [0.05, 0.1) is 11.4 Å². The van der Waals surface area contributed by atoms with Crippen LogP contribution in [0.3, 0.4) is 0 Å². The van der Waals surface area contributed by atoms with E-state index in [9.17, 15) is 0 Å². The molecule has 0 aliphatic carbocycles. The predicted octanol–water partition coefficient (Wildman–Crippen LogP) is 4.79. The van der Waals surface area contributed by atoms with Crippen LogP contribution in [0.1, 0.15) is 12.8 Å². The first-order valence-electron chi connectivity index (χ1n) is 6.70. The molecule has 3 heteroatoms. The summed E-state index contributed by atoms with van der Waals surface area (Å²) >= 11 is 3.50. The molecule has 19 heavy (non-hydrogen) atoms.